The second-order valence-corrected chi connectivity index (χ2v) is 4.63. The Kier molecular flexibility index (Phi) is 2.84. The summed E-state index contributed by atoms with van der Waals surface area (Å²) in [5, 5.41) is 7.91. The van der Waals surface area contributed by atoms with E-state index in [0.717, 1.165) is 31.4 Å². The Morgan fingerprint density at radius 1 is 1.60 bits per heavy atom. The first-order chi connectivity index (χ1) is 7.15. The van der Waals surface area contributed by atoms with E-state index in [0.29, 0.717) is 11.7 Å². The zero-order valence-corrected chi connectivity index (χ0v) is 9.31. The molecule has 0 bridgehead atoms. The second kappa shape index (κ2) is 4.13. The van der Waals surface area contributed by atoms with Crippen molar-refractivity contribution in [2.45, 2.75) is 32.6 Å². The molecule has 1 aliphatic carbocycles. The molecule has 0 aromatic carbocycles. The van der Waals surface area contributed by atoms with Crippen molar-refractivity contribution in [1.82, 2.24) is 15.0 Å². The fraction of sp³-hybridized carbons (Fsp3) is 0.727. The highest BCUT2D eigenvalue weighted by Gasteiger charge is 2.27. The number of aryl methyl sites for hydroxylation is 1. The van der Waals surface area contributed by atoms with Gasteiger partial charge in [0.15, 0.2) is 0 Å². The smallest absolute Gasteiger partial charge is 0.136 e. The van der Waals surface area contributed by atoms with E-state index in [1.807, 2.05) is 13.2 Å². The van der Waals surface area contributed by atoms with Crippen molar-refractivity contribution < 1.29 is 4.79 Å². The van der Waals surface area contributed by atoms with Gasteiger partial charge in [0.1, 0.15) is 5.78 Å². The fourth-order valence-electron chi connectivity index (χ4n) is 2.27. The number of nitrogens with zero attached hydrogens (tertiary/aromatic N) is 3. The van der Waals surface area contributed by atoms with Crippen LogP contribution in [0.4, 0.5) is 0 Å². The topological polar surface area (TPSA) is 47.8 Å². The maximum atomic E-state index is 11.7. The third kappa shape index (κ3) is 2.43. The highest BCUT2D eigenvalue weighted by molar-refractivity contribution is 5.81. The van der Waals surface area contributed by atoms with Gasteiger partial charge in [-0.15, -0.1) is 5.10 Å². The number of hydrogen-bond donors (Lipinski definition) is 0. The molecule has 0 saturated heterocycles. The highest BCUT2D eigenvalue weighted by Crippen LogP contribution is 2.27. The number of rotatable bonds is 2. The van der Waals surface area contributed by atoms with E-state index in [4.69, 9.17) is 0 Å². The van der Waals surface area contributed by atoms with Crippen LogP contribution in [-0.4, -0.2) is 20.8 Å². The minimum absolute atomic E-state index is 0.172. The molecule has 0 amide bonds. The first kappa shape index (κ1) is 10.3. The summed E-state index contributed by atoms with van der Waals surface area (Å²) >= 11 is 0. The molecule has 4 nitrogen and oxygen atoms in total. The molecule has 0 radical (unpaired) electrons. The van der Waals surface area contributed by atoms with Gasteiger partial charge in [-0.1, -0.05) is 12.1 Å². The third-order valence-electron chi connectivity index (χ3n) is 3.13. The van der Waals surface area contributed by atoms with Crippen molar-refractivity contribution in [1.29, 1.82) is 0 Å². The molecule has 0 aliphatic heterocycles. The molecule has 1 heterocycles. The Balaban J connectivity index is 2.01. The molecule has 15 heavy (non-hydrogen) atoms. The normalized spacial score (nSPS) is 26.9. The maximum Gasteiger partial charge on any atom is 0.136 e. The summed E-state index contributed by atoms with van der Waals surface area (Å²) in [6.45, 7) is 2.22. The van der Waals surface area contributed by atoms with E-state index in [1.54, 1.807) is 4.68 Å². The standard InChI is InChI=1S/C11H17N3O/c1-8-3-4-11(15)9(5-8)6-10-7-14(2)13-12-10/h7-9H,3-6H2,1-2H3. The van der Waals surface area contributed by atoms with Crippen LogP contribution in [-0.2, 0) is 18.3 Å². The molecule has 0 N–H and O–H groups in total. The van der Waals surface area contributed by atoms with Crippen LogP contribution in [0.25, 0.3) is 0 Å². The van der Waals surface area contributed by atoms with Gasteiger partial charge in [-0.25, -0.2) is 0 Å². The molecule has 2 atom stereocenters. The van der Waals surface area contributed by atoms with Crippen molar-refractivity contribution in [2.75, 3.05) is 0 Å². The van der Waals surface area contributed by atoms with Gasteiger partial charge in [0, 0.05) is 32.0 Å². The summed E-state index contributed by atoms with van der Waals surface area (Å²) in [7, 11) is 1.85. The Morgan fingerprint density at radius 2 is 2.40 bits per heavy atom. The van der Waals surface area contributed by atoms with E-state index >= 15 is 0 Å². The molecule has 4 heteroatoms. The molecule has 0 spiro atoms. The average Bonchev–Trinajstić information content (AvgIpc) is 2.58. The highest BCUT2D eigenvalue weighted by atomic mass is 16.1. The van der Waals surface area contributed by atoms with Gasteiger partial charge in [-0.3, -0.25) is 9.48 Å². The van der Waals surface area contributed by atoms with Gasteiger partial charge >= 0.3 is 0 Å². The lowest BCUT2D eigenvalue weighted by atomic mass is 9.79. The van der Waals surface area contributed by atoms with Crippen LogP contribution in [0, 0.1) is 11.8 Å². The van der Waals surface area contributed by atoms with Gasteiger partial charge in [-0.05, 0) is 18.8 Å². The Bertz CT molecular complexity index is 358. The Morgan fingerprint density at radius 3 is 3.07 bits per heavy atom. The molecule has 1 aromatic rings. The summed E-state index contributed by atoms with van der Waals surface area (Å²) in [6, 6.07) is 0. The predicted molar refractivity (Wildman–Crippen MR) is 56.2 cm³/mol. The number of Topliss-reactive ketones (excluding diaryl/α,β-unsaturated/α-hetero) is 1. The molecule has 1 aromatic heterocycles. The lowest BCUT2D eigenvalue weighted by molar-refractivity contribution is -0.125. The first-order valence-electron chi connectivity index (χ1n) is 5.53. The van der Waals surface area contributed by atoms with E-state index in [9.17, 15) is 4.79 Å². The molecule has 1 saturated carbocycles. The zero-order chi connectivity index (χ0) is 10.8. The maximum absolute atomic E-state index is 11.7. The Labute approximate surface area is 89.7 Å². The molecule has 1 aliphatic rings. The van der Waals surface area contributed by atoms with E-state index < -0.39 is 0 Å². The van der Waals surface area contributed by atoms with Gasteiger partial charge in [0.05, 0.1) is 5.69 Å². The van der Waals surface area contributed by atoms with Crippen LogP contribution in [0.15, 0.2) is 6.20 Å². The molecular formula is C11H17N3O. The molecule has 2 unspecified atom stereocenters. The van der Waals surface area contributed by atoms with Gasteiger partial charge < -0.3 is 0 Å². The summed E-state index contributed by atoms with van der Waals surface area (Å²) in [5.41, 5.74) is 0.935. The summed E-state index contributed by atoms with van der Waals surface area (Å²) < 4.78 is 1.69. The van der Waals surface area contributed by atoms with E-state index in [2.05, 4.69) is 17.2 Å². The predicted octanol–water partition coefficient (Wildman–Crippen LogP) is 1.36. The molecule has 2 rings (SSSR count). The summed E-state index contributed by atoms with van der Waals surface area (Å²) in [4.78, 5) is 11.7. The number of carbonyl (C=O) groups excluding carboxylic acids is 1. The lowest BCUT2D eigenvalue weighted by Crippen LogP contribution is -2.25. The molecular weight excluding hydrogens is 190 g/mol. The van der Waals surface area contributed by atoms with Crippen LogP contribution >= 0.6 is 0 Å². The molecule has 1 fully saturated rings. The Hall–Kier alpha value is -1.19. The number of hydrogen-bond acceptors (Lipinski definition) is 3. The number of ketones is 1. The van der Waals surface area contributed by atoms with Crippen molar-refractivity contribution in [3.63, 3.8) is 0 Å². The van der Waals surface area contributed by atoms with E-state index in [1.165, 1.54) is 0 Å². The largest absolute Gasteiger partial charge is 0.299 e. The summed E-state index contributed by atoms with van der Waals surface area (Å²) in [5.74, 6) is 1.24. The SMILES string of the molecule is CC1CCC(=O)C(Cc2cn(C)nn2)C1. The van der Waals surface area contributed by atoms with Gasteiger partial charge in [0.25, 0.3) is 0 Å². The zero-order valence-electron chi connectivity index (χ0n) is 9.31. The minimum atomic E-state index is 0.172. The first-order valence-corrected chi connectivity index (χ1v) is 5.53. The quantitative estimate of drug-likeness (QED) is 0.735. The van der Waals surface area contributed by atoms with Crippen LogP contribution in [0.1, 0.15) is 31.9 Å². The monoisotopic (exact) mass is 207 g/mol. The average molecular weight is 207 g/mol. The number of aromatic nitrogens is 3. The fourth-order valence-corrected chi connectivity index (χ4v) is 2.27. The third-order valence-corrected chi connectivity index (χ3v) is 3.13. The van der Waals surface area contributed by atoms with E-state index in [-0.39, 0.29) is 5.92 Å². The van der Waals surface area contributed by atoms with Crippen molar-refractivity contribution >= 4 is 5.78 Å². The van der Waals surface area contributed by atoms with Gasteiger partial charge in [-0.2, -0.15) is 0 Å². The molecule has 82 valence electrons. The van der Waals surface area contributed by atoms with Crippen molar-refractivity contribution in [3.8, 4) is 0 Å². The summed E-state index contributed by atoms with van der Waals surface area (Å²) in [6.07, 6.45) is 5.46. The van der Waals surface area contributed by atoms with Crippen LogP contribution < -0.4 is 0 Å². The van der Waals surface area contributed by atoms with Crippen LogP contribution in [0.5, 0.6) is 0 Å². The second-order valence-electron chi connectivity index (χ2n) is 4.63. The van der Waals surface area contributed by atoms with Crippen molar-refractivity contribution in [3.05, 3.63) is 11.9 Å². The van der Waals surface area contributed by atoms with Crippen LogP contribution in [0.2, 0.25) is 0 Å². The number of carbonyl (C=O) groups is 1. The van der Waals surface area contributed by atoms with Crippen molar-refractivity contribution in [2.24, 2.45) is 18.9 Å². The van der Waals surface area contributed by atoms with Crippen LogP contribution in [0.3, 0.4) is 0 Å². The minimum Gasteiger partial charge on any atom is -0.299 e. The lowest BCUT2D eigenvalue weighted by Gasteiger charge is -2.24. The van der Waals surface area contributed by atoms with Gasteiger partial charge in [0.2, 0.25) is 0 Å².